The van der Waals surface area contributed by atoms with E-state index in [0.29, 0.717) is 10.2 Å². The lowest BCUT2D eigenvalue weighted by Crippen LogP contribution is -2.16. The topological polar surface area (TPSA) is 82.3 Å². The molecule has 0 aliphatic carbocycles. The highest BCUT2D eigenvalue weighted by Crippen LogP contribution is 2.15. The summed E-state index contributed by atoms with van der Waals surface area (Å²) in [6.07, 6.45) is -0.0224. The molecule has 5 nitrogen and oxygen atoms in total. The molecule has 0 saturated heterocycles. The zero-order valence-electron chi connectivity index (χ0n) is 7.99. The fraction of sp³-hybridized carbons (Fsp3) is 0.222. The summed E-state index contributed by atoms with van der Waals surface area (Å²) < 4.78 is 5.14. The van der Waals surface area contributed by atoms with E-state index < -0.39 is 11.9 Å². The van der Waals surface area contributed by atoms with Crippen LogP contribution >= 0.6 is 15.9 Å². The standard InChI is InChI=1S/C9H9BrN2O3/c1-15-9(14)6-3-2-5(10)7(12-6)4-8(11)13/h2-3H,4H2,1H3,(H2,11,13). The van der Waals surface area contributed by atoms with E-state index in [2.05, 4.69) is 25.7 Å². The minimum Gasteiger partial charge on any atom is -0.464 e. The SMILES string of the molecule is COC(=O)c1ccc(Br)c(CC(N)=O)n1. The minimum atomic E-state index is -0.548. The van der Waals surface area contributed by atoms with Crippen LogP contribution in [0.25, 0.3) is 0 Å². The van der Waals surface area contributed by atoms with Crippen molar-refractivity contribution in [2.75, 3.05) is 7.11 Å². The quantitative estimate of drug-likeness (QED) is 0.820. The summed E-state index contributed by atoms with van der Waals surface area (Å²) >= 11 is 3.21. The van der Waals surface area contributed by atoms with Gasteiger partial charge in [-0.3, -0.25) is 4.79 Å². The Morgan fingerprint density at radius 3 is 2.73 bits per heavy atom. The number of hydrogen-bond donors (Lipinski definition) is 1. The van der Waals surface area contributed by atoms with Crippen molar-refractivity contribution in [2.45, 2.75) is 6.42 Å². The van der Waals surface area contributed by atoms with E-state index in [0.717, 1.165) is 0 Å². The first-order chi connectivity index (χ1) is 7.04. The van der Waals surface area contributed by atoms with Crippen LogP contribution in [0, 0.1) is 0 Å². The van der Waals surface area contributed by atoms with Crippen molar-refractivity contribution >= 4 is 27.8 Å². The molecule has 2 N–H and O–H groups in total. The number of primary amides is 1. The van der Waals surface area contributed by atoms with Gasteiger partial charge in [0.05, 0.1) is 19.2 Å². The van der Waals surface area contributed by atoms with Gasteiger partial charge >= 0.3 is 5.97 Å². The van der Waals surface area contributed by atoms with Gasteiger partial charge < -0.3 is 10.5 Å². The average Bonchev–Trinajstić information content (AvgIpc) is 2.19. The number of rotatable bonds is 3. The Bertz CT molecular complexity index is 406. The molecule has 15 heavy (non-hydrogen) atoms. The van der Waals surface area contributed by atoms with E-state index in [1.54, 1.807) is 6.07 Å². The molecular formula is C9H9BrN2O3. The van der Waals surface area contributed by atoms with Crippen LogP contribution in [0.2, 0.25) is 0 Å². The summed E-state index contributed by atoms with van der Waals surface area (Å²) in [5, 5.41) is 0. The molecule has 1 rings (SSSR count). The number of nitrogens with two attached hydrogens (primary N) is 1. The fourth-order valence-electron chi connectivity index (χ4n) is 0.992. The molecule has 0 spiro atoms. The van der Waals surface area contributed by atoms with Gasteiger partial charge in [0.15, 0.2) is 0 Å². The third kappa shape index (κ3) is 3.02. The molecule has 0 atom stereocenters. The number of ether oxygens (including phenoxy) is 1. The van der Waals surface area contributed by atoms with E-state index in [1.807, 2.05) is 0 Å². The Balaban J connectivity index is 3.05. The fourth-order valence-corrected chi connectivity index (χ4v) is 1.35. The molecule has 0 aromatic carbocycles. The summed E-state index contributed by atoms with van der Waals surface area (Å²) in [6, 6.07) is 3.12. The molecule has 6 heteroatoms. The highest BCUT2D eigenvalue weighted by molar-refractivity contribution is 9.10. The average molecular weight is 273 g/mol. The number of halogens is 1. The van der Waals surface area contributed by atoms with E-state index in [4.69, 9.17) is 5.73 Å². The van der Waals surface area contributed by atoms with Crippen LogP contribution in [-0.4, -0.2) is 24.0 Å². The number of nitrogens with zero attached hydrogens (tertiary/aromatic N) is 1. The second-order valence-corrected chi connectivity index (χ2v) is 3.61. The maximum absolute atomic E-state index is 11.1. The zero-order valence-corrected chi connectivity index (χ0v) is 9.58. The van der Waals surface area contributed by atoms with Gasteiger partial charge in [-0.15, -0.1) is 0 Å². The number of methoxy groups -OCH3 is 1. The van der Waals surface area contributed by atoms with E-state index in [9.17, 15) is 9.59 Å². The molecule has 0 fully saturated rings. The molecule has 0 radical (unpaired) electrons. The molecule has 0 aliphatic rings. The minimum absolute atomic E-state index is 0.0224. The predicted octanol–water partition coefficient (Wildman–Crippen LogP) is 0.659. The number of aromatic nitrogens is 1. The van der Waals surface area contributed by atoms with Crippen LogP contribution < -0.4 is 5.73 Å². The van der Waals surface area contributed by atoms with Crippen molar-refractivity contribution in [1.29, 1.82) is 0 Å². The molecule has 0 aliphatic heterocycles. The number of carbonyl (C=O) groups is 2. The van der Waals surface area contributed by atoms with E-state index in [-0.39, 0.29) is 12.1 Å². The van der Waals surface area contributed by atoms with E-state index >= 15 is 0 Å². The lowest BCUT2D eigenvalue weighted by molar-refractivity contribution is -0.117. The van der Waals surface area contributed by atoms with Gasteiger partial charge in [0.1, 0.15) is 5.69 Å². The predicted molar refractivity (Wildman–Crippen MR) is 56.2 cm³/mol. The molecule has 1 heterocycles. The normalized spacial score (nSPS) is 9.73. The van der Waals surface area contributed by atoms with Crippen molar-refractivity contribution in [3.05, 3.63) is 28.0 Å². The first-order valence-electron chi connectivity index (χ1n) is 4.06. The summed E-state index contributed by atoms with van der Waals surface area (Å²) in [6.45, 7) is 0. The first-order valence-corrected chi connectivity index (χ1v) is 4.86. The van der Waals surface area contributed by atoms with Gasteiger partial charge in [-0.1, -0.05) is 0 Å². The second-order valence-electron chi connectivity index (χ2n) is 2.76. The Morgan fingerprint density at radius 2 is 2.20 bits per heavy atom. The number of carbonyl (C=O) groups excluding carboxylic acids is 2. The molecular weight excluding hydrogens is 264 g/mol. The van der Waals surface area contributed by atoms with E-state index in [1.165, 1.54) is 13.2 Å². The number of pyridine rings is 1. The van der Waals surface area contributed by atoms with Crippen molar-refractivity contribution in [3.8, 4) is 0 Å². The van der Waals surface area contributed by atoms with Crippen molar-refractivity contribution in [2.24, 2.45) is 5.73 Å². The van der Waals surface area contributed by atoms with Crippen LogP contribution in [0.5, 0.6) is 0 Å². The van der Waals surface area contributed by atoms with Gasteiger partial charge in [0, 0.05) is 4.47 Å². The largest absolute Gasteiger partial charge is 0.464 e. The number of esters is 1. The van der Waals surface area contributed by atoms with Crippen LogP contribution in [0.4, 0.5) is 0 Å². The van der Waals surface area contributed by atoms with Gasteiger partial charge in [-0.05, 0) is 28.1 Å². The Kier molecular flexibility index (Phi) is 3.79. The maximum Gasteiger partial charge on any atom is 0.356 e. The van der Waals surface area contributed by atoms with Crippen LogP contribution in [0.3, 0.4) is 0 Å². The number of amides is 1. The molecule has 1 amide bonds. The highest BCUT2D eigenvalue weighted by atomic mass is 79.9. The van der Waals surface area contributed by atoms with Crippen LogP contribution in [-0.2, 0) is 16.0 Å². The number of hydrogen-bond acceptors (Lipinski definition) is 4. The third-order valence-corrected chi connectivity index (χ3v) is 2.38. The molecule has 0 bridgehead atoms. The summed E-state index contributed by atoms with van der Waals surface area (Å²) in [7, 11) is 1.26. The Hall–Kier alpha value is -1.43. The van der Waals surface area contributed by atoms with Gasteiger partial charge in [-0.25, -0.2) is 9.78 Å². The molecule has 1 aromatic rings. The molecule has 0 saturated carbocycles. The van der Waals surface area contributed by atoms with Crippen molar-refractivity contribution in [1.82, 2.24) is 4.98 Å². The Labute approximate surface area is 94.8 Å². The summed E-state index contributed by atoms with van der Waals surface area (Å²) in [4.78, 5) is 25.8. The van der Waals surface area contributed by atoms with Crippen LogP contribution in [0.15, 0.2) is 16.6 Å². The zero-order chi connectivity index (χ0) is 11.4. The first kappa shape index (κ1) is 11.6. The summed E-state index contributed by atoms with van der Waals surface area (Å²) in [5.41, 5.74) is 5.61. The smallest absolute Gasteiger partial charge is 0.356 e. The van der Waals surface area contributed by atoms with Gasteiger partial charge in [0.2, 0.25) is 5.91 Å². The van der Waals surface area contributed by atoms with Crippen molar-refractivity contribution in [3.63, 3.8) is 0 Å². The maximum atomic E-state index is 11.1. The molecule has 80 valence electrons. The lowest BCUT2D eigenvalue weighted by Gasteiger charge is -2.03. The second kappa shape index (κ2) is 4.88. The van der Waals surface area contributed by atoms with Gasteiger partial charge in [0.25, 0.3) is 0 Å². The van der Waals surface area contributed by atoms with Crippen molar-refractivity contribution < 1.29 is 14.3 Å². The monoisotopic (exact) mass is 272 g/mol. The lowest BCUT2D eigenvalue weighted by atomic mass is 10.2. The Morgan fingerprint density at radius 1 is 1.53 bits per heavy atom. The molecule has 1 aromatic heterocycles. The molecule has 0 unspecified atom stereocenters. The van der Waals surface area contributed by atoms with Crippen LogP contribution in [0.1, 0.15) is 16.2 Å². The summed E-state index contributed by atoms with van der Waals surface area (Å²) in [5.74, 6) is -1.06. The highest BCUT2D eigenvalue weighted by Gasteiger charge is 2.11. The third-order valence-electron chi connectivity index (χ3n) is 1.65. The van der Waals surface area contributed by atoms with Gasteiger partial charge in [-0.2, -0.15) is 0 Å².